The van der Waals surface area contributed by atoms with Gasteiger partial charge in [0.2, 0.25) is 10.0 Å². The van der Waals surface area contributed by atoms with E-state index in [-0.39, 0.29) is 22.7 Å². The lowest BCUT2D eigenvalue weighted by Crippen LogP contribution is -2.46. The quantitative estimate of drug-likeness (QED) is 0.703. The predicted molar refractivity (Wildman–Crippen MR) is 75.7 cm³/mol. The topological polar surface area (TPSA) is 102 Å². The molecule has 6 nitrogen and oxygen atoms in total. The Kier molecular flexibility index (Phi) is 4.52. The molecule has 0 unspecified atom stereocenters. The molecular formula is C13H19FN2O4S. The van der Waals surface area contributed by atoms with Crippen LogP contribution >= 0.6 is 0 Å². The lowest BCUT2D eigenvalue weighted by atomic mass is 9.95. The van der Waals surface area contributed by atoms with E-state index < -0.39 is 21.4 Å². The summed E-state index contributed by atoms with van der Waals surface area (Å²) in [6.07, 6.45) is 0.694. The van der Waals surface area contributed by atoms with Crippen molar-refractivity contribution in [1.82, 2.24) is 4.72 Å². The first kappa shape index (κ1) is 16.2. The molecule has 0 bridgehead atoms. The van der Waals surface area contributed by atoms with Crippen LogP contribution in [0.5, 0.6) is 0 Å². The zero-order valence-corrected chi connectivity index (χ0v) is 12.5. The van der Waals surface area contributed by atoms with Crippen molar-refractivity contribution >= 4 is 15.7 Å². The molecule has 0 amide bonds. The molecule has 4 N–H and O–H groups in total. The zero-order valence-electron chi connectivity index (χ0n) is 11.7. The molecule has 118 valence electrons. The van der Waals surface area contributed by atoms with Gasteiger partial charge in [0.25, 0.3) is 0 Å². The van der Waals surface area contributed by atoms with E-state index in [4.69, 9.17) is 10.5 Å². The van der Waals surface area contributed by atoms with Crippen LogP contribution in [0, 0.1) is 12.7 Å². The molecule has 0 aromatic heterocycles. The van der Waals surface area contributed by atoms with Crippen LogP contribution < -0.4 is 10.5 Å². The number of aliphatic hydroxyl groups is 1. The van der Waals surface area contributed by atoms with E-state index in [0.29, 0.717) is 26.1 Å². The van der Waals surface area contributed by atoms with Crippen LogP contribution in [0.4, 0.5) is 10.1 Å². The minimum atomic E-state index is -3.94. The number of ether oxygens (including phenoxy) is 1. The van der Waals surface area contributed by atoms with Gasteiger partial charge in [-0.3, -0.25) is 0 Å². The molecule has 1 heterocycles. The number of halogens is 1. The zero-order chi connectivity index (χ0) is 15.7. The van der Waals surface area contributed by atoms with Crippen molar-refractivity contribution < 1.29 is 22.7 Å². The summed E-state index contributed by atoms with van der Waals surface area (Å²) in [5.41, 5.74) is 4.38. The normalized spacial score (nSPS) is 18.6. The molecular weight excluding hydrogens is 299 g/mol. The molecule has 0 aliphatic carbocycles. The van der Waals surface area contributed by atoms with E-state index in [1.807, 2.05) is 0 Å². The summed E-state index contributed by atoms with van der Waals surface area (Å²) in [5, 5.41) is 10.3. The third-order valence-corrected chi connectivity index (χ3v) is 5.15. The number of nitrogens with one attached hydrogen (secondary N) is 1. The first-order valence-electron chi connectivity index (χ1n) is 6.59. The van der Waals surface area contributed by atoms with E-state index in [1.165, 1.54) is 13.0 Å². The van der Waals surface area contributed by atoms with Gasteiger partial charge >= 0.3 is 0 Å². The number of rotatable bonds is 4. The Hall–Kier alpha value is -1.22. The van der Waals surface area contributed by atoms with E-state index in [9.17, 15) is 17.9 Å². The average Bonchev–Trinajstić information content (AvgIpc) is 2.42. The van der Waals surface area contributed by atoms with Crippen LogP contribution in [-0.2, 0) is 14.8 Å². The van der Waals surface area contributed by atoms with Crippen LogP contribution in [0.1, 0.15) is 18.4 Å². The number of nitrogen functional groups attached to an aromatic ring is 1. The molecule has 0 radical (unpaired) electrons. The Labute approximate surface area is 123 Å². The van der Waals surface area contributed by atoms with Crippen molar-refractivity contribution in [3.05, 3.63) is 23.5 Å². The summed E-state index contributed by atoms with van der Waals surface area (Å²) < 4.78 is 45.6. The minimum Gasteiger partial charge on any atom is -0.399 e. The summed E-state index contributed by atoms with van der Waals surface area (Å²) in [7, 11) is -3.94. The molecule has 1 aliphatic rings. The smallest absolute Gasteiger partial charge is 0.241 e. The number of benzene rings is 1. The van der Waals surface area contributed by atoms with Crippen LogP contribution in [0.25, 0.3) is 0 Å². The van der Waals surface area contributed by atoms with Crippen LogP contribution in [-0.4, -0.2) is 38.9 Å². The Balaban J connectivity index is 2.19. The largest absolute Gasteiger partial charge is 0.399 e. The highest BCUT2D eigenvalue weighted by Gasteiger charge is 2.32. The van der Waals surface area contributed by atoms with Crippen molar-refractivity contribution in [1.29, 1.82) is 0 Å². The van der Waals surface area contributed by atoms with Crippen molar-refractivity contribution in [2.75, 3.05) is 25.5 Å². The maximum atomic E-state index is 13.6. The summed E-state index contributed by atoms with van der Waals surface area (Å²) >= 11 is 0. The minimum absolute atomic E-state index is 0.00401. The van der Waals surface area contributed by atoms with Gasteiger partial charge in [0.05, 0.1) is 10.5 Å². The van der Waals surface area contributed by atoms with Gasteiger partial charge < -0.3 is 15.6 Å². The Morgan fingerprint density at radius 2 is 2.05 bits per heavy atom. The Bertz CT molecular complexity index is 627. The van der Waals surface area contributed by atoms with E-state index in [1.54, 1.807) is 0 Å². The van der Waals surface area contributed by atoms with E-state index in [2.05, 4.69) is 4.72 Å². The fourth-order valence-corrected chi connectivity index (χ4v) is 3.59. The van der Waals surface area contributed by atoms with Crippen molar-refractivity contribution in [3.63, 3.8) is 0 Å². The van der Waals surface area contributed by atoms with Gasteiger partial charge in [0, 0.05) is 43.9 Å². The van der Waals surface area contributed by atoms with Crippen molar-refractivity contribution in [3.8, 4) is 0 Å². The maximum absolute atomic E-state index is 13.6. The molecule has 1 fully saturated rings. The molecule has 8 heteroatoms. The number of hydrogen-bond acceptors (Lipinski definition) is 5. The summed E-state index contributed by atoms with van der Waals surface area (Å²) in [5.74, 6) is -0.680. The van der Waals surface area contributed by atoms with Gasteiger partial charge in [-0.1, -0.05) is 0 Å². The molecule has 1 aromatic rings. The highest BCUT2D eigenvalue weighted by atomic mass is 32.2. The predicted octanol–water partition coefficient (Wildman–Crippen LogP) is 0.536. The lowest BCUT2D eigenvalue weighted by Gasteiger charge is -2.32. The highest BCUT2D eigenvalue weighted by molar-refractivity contribution is 7.89. The standard InChI is InChI=1S/C13H19FN2O4S/c1-9-11(14)6-10(15)7-12(9)21(18,19)16-8-13(17)2-4-20-5-3-13/h6-7,16-17H,2-5,8,15H2,1H3. The average molecular weight is 318 g/mol. The molecule has 1 aromatic carbocycles. The van der Waals surface area contributed by atoms with Gasteiger partial charge in [-0.2, -0.15) is 0 Å². The Morgan fingerprint density at radius 1 is 1.43 bits per heavy atom. The van der Waals surface area contributed by atoms with Crippen LogP contribution in [0.2, 0.25) is 0 Å². The Morgan fingerprint density at radius 3 is 2.67 bits per heavy atom. The van der Waals surface area contributed by atoms with Gasteiger partial charge in [-0.15, -0.1) is 0 Å². The highest BCUT2D eigenvalue weighted by Crippen LogP contribution is 2.23. The molecule has 21 heavy (non-hydrogen) atoms. The third-order valence-electron chi connectivity index (χ3n) is 3.62. The molecule has 2 rings (SSSR count). The third kappa shape index (κ3) is 3.70. The van der Waals surface area contributed by atoms with Gasteiger partial charge in [0.1, 0.15) is 5.82 Å². The first-order valence-corrected chi connectivity index (χ1v) is 8.07. The maximum Gasteiger partial charge on any atom is 0.241 e. The number of anilines is 1. The van der Waals surface area contributed by atoms with Crippen molar-refractivity contribution in [2.24, 2.45) is 0 Å². The summed E-state index contributed by atoms with van der Waals surface area (Å²) in [6.45, 7) is 1.98. The second kappa shape index (κ2) is 5.88. The molecule has 0 atom stereocenters. The van der Waals surface area contributed by atoms with Gasteiger partial charge in [0.15, 0.2) is 0 Å². The molecule has 1 aliphatic heterocycles. The van der Waals surface area contributed by atoms with Crippen molar-refractivity contribution in [2.45, 2.75) is 30.3 Å². The number of nitrogens with two attached hydrogens (primary N) is 1. The fraction of sp³-hybridized carbons (Fsp3) is 0.538. The molecule has 0 spiro atoms. The SMILES string of the molecule is Cc1c(F)cc(N)cc1S(=O)(=O)NCC1(O)CCOCC1. The monoisotopic (exact) mass is 318 g/mol. The summed E-state index contributed by atoms with van der Waals surface area (Å²) in [4.78, 5) is -0.212. The lowest BCUT2D eigenvalue weighted by molar-refractivity contribution is -0.0588. The van der Waals surface area contributed by atoms with Gasteiger partial charge in [-0.05, 0) is 19.1 Å². The summed E-state index contributed by atoms with van der Waals surface area (Å²) in [6, 6.07) is 2.27. The van der Waals surface area contributed by atoms with Crippen LogP contribution in [0.3, 0.4) is 0 Å². The van der Waals surface area contributed by atoms with Crippen LogP contribution in [0.15, 0.2) is 17.0 Å². The number of sulfonamides is 1. The first-order chi connectivity index (χ1) is 9.73. The van der Waals surface area contributed by atoms with E-state index >= 15 is 0 Å². The molecule has 1 saturated heterocycles. The molecule has 0 saturated carbocycles. The van der Waals surface area contributed by atoms with E-state index in [0.717, 1.165) is 6.07 Å². The van der Waals surface area contributed by atoms with Gasteiger partial charge in [-0.25, -0.2) is 17.5 Å². The fourth-order valence-electron chi connectivity index (χ4n) is 2.19. The number of hydrogen-bond donors (Lipinski definition) is 3. The second-order valence-electron chi connectivity index (χ2n) is 5.29. The second-order valence-corrected chi connectivity index (χ2v) is 7.02.